The monoisotopic (exact) mass is 275 g/mol. The van der Waals surface area contributed by atoms with Crippen molar-refractivity contribution >= 4 is 34.6 Å². The number of amidine groups is 1. The summed E-state index contributed by atoms with van der Waals surface area (Å²) in [4.78, 5) is 8.17. The van der Waals surface area contributed by atoms with Gasteiger partial charge in [-0.05, 0) is 29.5 Å². The third-order valence-electron chi connectivity index (χ3n) is 1.37. The maximum Gasteiger partial charge on any atom is 0.150 e. The minimum atomic E-state index is 0.492. The van der Waals surface area contributed by atoms with Crippen LogP contribution < -0.4 is 5.73 Å². The molecule has 0 bridgehead atoms. The Hall–Kier alpha value is -0.650. The fourth-order valence-electron chi connectivity index (χ4n) is 0.851. The Morgan fingerprint density at radius 3 is 3.17 bits per heavy atom. The predicted molar refractivity (Wildman–Crippen MR) is 60.6 cm³/mol. The van der Waals surface area contributed by atoms with Crippen molar-refractivity contribution in [1.29, 1.82) is 0 Å². The summed E-state index contributed by atoms with van der Waals surface area (Å²) >= 11 is 2.24. The van der Waals surface area contributed by atoms with E-state index in [0.29, 0.717) is 5.84 Å². The number of rotatable bonds is 1. The SMILES string of the molecule is C/C=N\C1=C(I)CC=CN=C1N. The molecule has 0 spiro atoms. The van der Waals surface area contributed by atoms with E-state index in [1.54, 1.807) is 12.4 Å². The summed E-state index contributed by atoms with van der Waals surface area (Å²) < 4.78 is 1.13. The highest BCUT2D eigenvalue weighted by Gasteiger charge is 2.07. The van der Waals surface area contributed by atoms with Gasteiger partial charge in [-0.1, -0.05) is 6.08 Å². The van der Waals surface area contributed by atoms with Gasteiger partial charge in [-0.15, -0.1) is 0 Å². The van der Waals surface area contributed by atoms with E-state index in [9.17, 15) is 0 Å². The maximum atomic E-state index is 5.68. The van der Waals surface area contributed by atoms with Crippen LogP contribution in [0.1, 0.15) is 13.3 Å². The van der Waals surface area contributed by atoms with Gasteiger partial charge in [-0.2, -0.15) is 0 Å². The number of nitrogens with zero attached hydrogens (tertiary/aromatic N) is 2. The lowest BCUT2D eigenvalue weighted by Gasteiger charge is -2.00. The lowest BCUT2D eigenvalue weighted by Crippen LogP contribution is -2.13. The minimum Gasteiger partial charge on any atom is -0.382 e. The Kier molecular flexibility index (Phi) is 3.46. The van der Waals surface area contributed by atoms with Crippen molar-refractivity contribution in [3.8, 4) is 0 Å². The van der Waals surface area contributed by atoms with Crippen LogP contribution in [0.25, 0.3) is 0 Å². The van der Waals surface area contributed by atoms with Crippen molar-refractivity contribution in [3.05, 3.63) is 21.6 Å². The van der Waals surface area contributed by atoms with Gasteiger partial charge in [-0.25, -0.2) is 4.99 Å². The first kappa shape index (κ1) is 9.44. The quantitative estimate of drug-likeness (QED) is 0.577. The van der Waals surface area contributed by atoms with E-state index in [1.807, 2.05) is 13.0 Å². The molecule has 0 atom stereocenters. The zero-order valence-electron chi connectivity index (χ0n) is 6.79. The number of hydrogen-bond donors (Lipinski definition) is 1. The second-order valence-electron chi connectivity index (χ2n) is 2.24. The Balaban J connectivity index is 3.05. The summed E-state index contributed by atoms with van der Waals surface area (Å²) in [5.41, 5.74) is 6.47. The molecule has 2 N–H and O–H groups in total. The fourth-order valence-corrected chi connectivity index (χ4v) is 1.52. The standard InChI is InChI=1S/C8H10IN3/c1-2-11-7-6(9)4-3-5-12-8(7)10/h2-3,5H,4H2,1H3,(H2,10,12)/b11-2-. The Morgan fingerprint density at radius 2 is 2.50 bits per heavy atom. The molecule has 0 amide bonds. The summed E-state index contributed by atoms with van der Waals surface area (Å²) in [7, 11) is 0. The molecule has 0 radical (unpaired) electrons. The van der Waals surface area contributed by atoms with Crippen LogP contribution in [0.5, 0.6) is 0 Å². The average molecular weight is 275 g/mol. The van der Waals surface area contributed by atoms with E-state index in [0.717, 1.165) is 15.7 Å². The second-order valence-corrected chi connectivity index (χ2v) is 3.55. The molecule has 4 heteroatoms. The van der Waals surface area contributed by atoms with Crippen LogP contribution in [0.15, 0.2) is 31.5 Å². The molecule has 3 nitrogen and oxygen atoms in total. The van der Waals surface area contributed by atoms with Gasteiger partial charge in [0.15, 0.2) is 0 Å². The first-order valence-corrected chi connectivity index (χ1v) is 4.69. The molecular formula is C8H10IN3. The lowest BCUT2D eigenvalue weighted by atomic mass is 10.3. The van der Waals surface area contributed by atoms with E-state index in [1.165, 1.54) is 0 Å². The third-order valence-corrected chi connectivity index (χ3v) is 2.33. The van der Waals surface area contributed by atoms with Crippen LogP contribution in [0.3, 0.4) is 0 Å². The van der Waals surface area contributed by atoms with Crippen molar-refractivity contribution in [2.24, 2.45) is 15.7 Å². The van der Waals surface area contributed by atoms with Gasteiger partial charge in [-0.3, -0.25) is 4.99 Å². The van der Waals surface area contributed by atoms with Crippen molar-refractivity contribution in [1.82, 2.24) is 0 Å². The topological polar surface area (TPSA) is 50.7 Å². The number of aliphatic imine (C=N–C) groups is 2. The Bertz CT molecular complexity index is 287. The summed E-state index contributed by atoms with van der Waals surface area (Å²) in [6.45, 7) is 1.86. The van der Waals surface area contributed by atoms with Crippen LogP contribution in [-0.4, -0.2) is 12.1 Å². The summed E-state index contributed by atoms with van der Waals surface area (Å²) in [6.07, 6.45) is 6.26. The van der Waals surface area contributed by atoms with Crippen LogP contribution in [-0.2, 0) is 0 Å². The van der Waals surface area contributed by atoms with Gasteiger partial charge in [0.1, 0.15) is 11.5 Å². The van der Waals surface area contributed by atoms with Crippen LogP contribution in [0.4, 0.5) is 0 Å². The highest BCUT2D eigenvalue weighted by atomic mass is 127. The van der Waals surface area contributed by atoms with Crippen LogP contribution in [0.2, 0.25) is 0 Å². The van der Waals surface area contributed by atoms with Crippen molar-refractivity contribution in [3.63, 3.8) is 0 Å². The van der Waals surface area contributed by atoms with E-state index in [2.05, 4.69) is 32.6 Å². The molecule has 1 aliphatic rings. The van der Waals surface area contributed by atoms with Crippen LogP contribution in [0, 0.1) is 0 Å². The first-order chi connectivity index (χ1) is 5.75. The fraction of sp³-hybridized carbons (Fsp3) is 0.250. The number of allylic oxidation sites excluding steroid dienone is 2. The molecule has 0 fully saturated rings. The molecule has 1 aliphatic heterocycles. The normalized spacial score (nSPS) is 18.3. The molecule has 0 saturated heterocycles. The molecule has 12 heavy (non-hydrogen) atoms. The molecule has 0 aromatic carbocycles. The summed E-state index contributed by atoms with van der Waals surface area (Å²) in [6, 6.07) is 0. The van der Waals surface area contributed by atoms with Crippen LogP contribution >= 0.6 is 22.6 Å². The number of hydrogen-bond acceptors (Lipinski definition) is 3. The van der Waals surface area contributed by atoms with Crippen molar-refractivity contribution < 1.29 is 0 Å². The average Bonchev–Trinajstić information content (AvgIpc) is 2.19. The molecule has 64 valence electrons. The van der Waals surface area contributed by atoms with Gasteiger partial charge < -0.3 is 5.73 Å². The van der Waals surface area contributed by atoms with Crippen molar-refractivity contribution in [2.45, 2.75) is 13.3 Å². The minimum absolute atomic E-state index is 0.492. The maximum absolute atomic E-state index is 5.68. The van der Waals surface area contributed by atoms with Crippen molar-refractivity contribution in [2.75, 3.05) is 0 Å². The van der Waals surface area contributed by atoms with Gasteiger partial charge in [0.05, 0.1) is 0 Å². The highest BCUT2D eigenvalue weighted by Crippen LogP contribution is 2.20. The second kappa shape index (κ2) is 4.39. The lowest BCUT2D eigenvalue weighted by molar-refractivity contribution is 1.31. The van der Waals surface area contributed by atoms with E-state index >= 15 is 0 Å². The molecule has 0 aromatic heterocycles. The number of nitrogens with two attached hydrogens (primary N) is 1. The molecule has 0 aliphatic carbocycles. The first-order valence-electron chi connectivity index (χ1n) is 3.61. The molecular weight excluding hydrogens is 265 g/mol. The Morgan fingerprint density at radius 1 is 1.75 bits per heavy atom. The molecule has 0 saturated carbocycles. The van der Waals surface area contributed by atoms with Gasteiger partial charge in [0, 0.05) is 22.4 Å². The van der Waals surface area contributed by atoms with E-state index < -0.39 is 0 Å². The molecule has 0 unspecified atom stereocenters. The predicted octanol–water partition coefficient (Wildman–Crippen LogP) is 2.00. The molecule has 1 heterocycles. The number of halogens is 1. The van der Waals surface area contributed by atoms with Gasteiger partial charge in [0.25, 0.3) is 0 Å². The smallest absolute Gasteiger partial charge is 0.150 e. The zero-order chi connectivity index (χ0) is 8.97. The zero-order valence-corrected chi connectivity index (χ0v) is 8.95. The van der Waals surface area contributed by atoms with E-state index in [4.69, 9.17) is 5.73 Å². The summed E-state index contributed by atoms with van der Waals surface area (Å²) in [5.74, 6) is 0.492. The summed E-state index contributed by atoms with van der Waals surface area (Å²) in [5, 5.41) is 0. The Labute approximate surface area is 85.3 Å². The largest absolute Gasteiger partial charge is 0.382 e. The highest BCUT2D eigenvalue weighted by molar-refractivity contribution is 14.1. The van der Waals surface area contributed by atoms with Gasteiger partial charge >= 0.3 is 0 Å². The van der Waals surface area contributed by atoms with E-state index in [-0.39, 0.29) is 0 Å². The van der Waals surface area contributed by atoms with Gasteiger partial charge in [0.2, 0.25) is 0 Å². The molecule has 1 rings (SSSR count). The third kappa shape index (κ3) is 2.17. The molecule has 0 aromatic rings.